The normalized spacial score (nSPS) is 36.0. The maximum atomic E-state index is 15.7. The number of carbonyl (C=O) groups excluding carboxylic acids is 6. The molecule has 16 heteroatoms. The van der Waals surface area contributed by atoms with E-state index in [1.54, 1.807) is 68.5 Å². The zero-order valence-electron chi connectivity index (χ0n) is 37.7. The number of esters is 4. The van der Waals surface area contributed by atoms with Gasteiger partial charge in [0.05, 0.1) is 42.3 Å². The van der Waals surface area contributed by atoms with Gasteiger partial charge >= 0.3 is 23.9 Å². The smallest absolute Gasteiger partial charge is 0.338 e. The number of carbonyl (C=O) groups is 6. The molecule has 1 amide bonds. The highest BCUT2D eigenvalue weighted by Crippen LogP contribution is 2.65. The minimum Gasteiger partial charge on any atom is -0.455 e. The van der Waals surface area contributed by atoms with Crippen LogP contribution in [-0.4, -0.2) is 124 Å². The fraction of sp³-hybridized carbons (Fsp3) is 0.510. The third-order valence-electron chi connectivity index (χ3n) is 14.0. The summed E-state index contributed by atoms with van der Waals surface area (Å²) in [6.45, 7) is 11.0. The van der Waals surface area contributed by atoms with Crippen LogP contribution >= 0.6 is 0 Å². The molecule has 348 valence electrons. The van der Waals surface area contributed by atoms with Crippen LogP contribution in [0.4, 0.5) is 0 Å². The molecule has 1 saturated heterocycles. The second-order valence-corrected chi connectivity index (χ2v) is 18.6. The monoisotopic (exact) mass is 899 g/mol. The topological polar surface area (TPSA) is 231 Å². The SMILES string of the molecule is CC(=O)OC1C(=O)[C@@]2(C)[C@H]([C@H](OC(=O)c3ccccc3)[C@]3(O)[C@H]4OC/C=C/Cc5ccccc5C(=O)NC(C=C(C)C)[C@H](O)C(=O)O[C@@H]4C(C)=C1C3(C)C)[C@]1(OC(C)=O)CO[C@@H]1C[C@@H]2O. The van der Waals surface area contributed by atoms with Crippen molar-refractivity contribution < 1.29 is 72.5 Å². The first kappa shape index (κ1) is 47.4. The molecule has 12 atom stereocenters. The summed E-state index contributed by atoms with van der Waals surface area (Å²) in [4.78, 5) is 84.9. The van der Waals surface area contributed by atoms with Gasteiger partial charge in [0.2, 0.25) is 0 Å². The standard InChI is InChI=1S/C49H57NO15/c1-25(2)22-32-36(54)45(58)63-37-26(3)35-38(62-27(4)51)40(55)47(8)33(53)23-34-48(24-61-34,65-28(5)52)39(47)42(64-44(57)30-18-10-9-11-19-30)49(59,46(35,6)7)41(37)60-21-15-14-17-29-16-12-13-20-31(29)43(56)50-32/h9-16,18-20,22,32-34,36-39,41-42,53-54,59H,17,21,23-24H2,1-8H3,(H,50,56)/b15-14+/t32?,33-,34+,36-,37+,38?,39-,41-,42-,47+,48-,49+/m0/s1. The van der Waals surface area contributed by atoms with Crippen molar-refractivity contribution in [3.63, 3.8) is 0 Å². The molecular formula is C49H57NO15. The molecule has 3 aliphatic carbocycles. The van der Waals surface area contributed by atoms with Gasteiger partial charge in [0, 0.05) is 31.2 Å². The van der Waals surface area contributed by atoms with Crippen LogP contribution in [0.5, 0.6) is 0 Å². The van der Waals surface area contributed by atoms with Crippen molar-refractivity contribution in [1.29, 1.82) is 0 Å². The van der Waals surface area contributed by atoms with Gasteiger partial charge in [-0.05, 0) is 69.0 Å². The number of hydrogen-bond acceptors (Lipinski definition) is 15. The Kier molecular flexibility index (Phi) is 12.9. The molecule has 2 heterocycles. The van der Waals surface area contributed by atoms with Crippen molar-refractivity contribution in [3.05, 3.63) is 106 Å². The molecule has 5 aliphatic rings. The van der Waals surface area contributed by atoms with Gasteiger partial charge in [0.25, 0.3) is 5.91 Å². The Morgan fingerprint density at radius 1 is 0.877 bits per heavy atom. The van der Waals surface area contributed by atoms with E-state index in [1.165, 1.54) is 45.9 Å². The van der Waals surface area contributed by atoms with Gasteiger partial charge in [-0.3, -0.25) is 19.2 Å². The number of aliphatic hydroxyl groups excluding tert-OH is 2. The van der Waals surface area contributed by atoms with Gasteiger partial charge in [-0.15, -0.1) is 0 Å². The molecule has 65 heavy (non-hydrogen) atoms. The van der Waals surface area contributed by atoms with E-state index < -0.39 is 112 Å². The number of rotatable bonds is 5. The molecule has 2 unspecified atom stereocenters. The van der Waals surface area contributed by atoms with Crippen LogP contribution in [0.3, 0.4) is 0 Å². The van der Waals surface area contributed by atoms with Crippen LogP contribution in [0, 0.1) is 16.7 Å². The van der Waals surface area contributed by atoms with Crippen molar-refractivity contribution in [2.75, 3.05) is 13.2 Å². The lowest BCUT2D eigenvalue weighted by Crippen LogP contribution is -2.83. The molecule has 16 nitrogen and oxygen atoms in total. The minimum atomic E-state index is -2.67. The number of nitrogens with one attached hydrogen (secondary N) is 1. The summed E-state index contributed by atoms with van der Waals surface area (Å²) in [5.74, 6) is -7.10. The molecular weight excluding hydrogens is 843 g/mol. The summed E-state index contributed by atoms with van der Waals surface area (Å²) < 4.78 is 37.5. The Morgan fingerprint density at radius 2 is 1.55 bits per heavy atom. The average molecular weight is 900 g/mol. The number of amides is 1. The largest absolute Gasteiger partial charge is 0.455 e. The van der Waals surface area contributed by atoms with Crippen molar-refractivity contribution in [1.82, 2.24) is 5.32 Å². The van der Waals surface area contributed by atoms with E-state index in [0.717, 1.165) is 13.8 Å². The second-order valence-electron chi connectivity index (χ2n) is 18.6. The van der Waals surface area contributed by atoms with Crippen LogP contribution in [0.2, 0.25) is 0 Å². The number of aliphatic hydroxyl groups is 3. The summed E-state index contributed by atoms with van der Waals surface area (Å²) in [5, 5.41) is 41.1. The fourth-order valence-corrected chi connectivity index (χ4v) is 10.9. The van der Waals surface area contributed by atoms with Crippen LogP contribution in [0.15, 0.2) is 89.5 Å². The molecule has 0 radical (unpaired) electrons. The van der Waals surface area contributed by atoms with Crippen molar-refractivity contribution in [2.45, 2.75) is 128 Å². The van der Waals surface area contributed by atoms with Gasteiger partial charge in [0.1, 0.15) is 23.9 Å². The van der Waals surface area contributed by atoms with Gasteiger partial charge in [-0.1, -0.05) is 74.0 Å². The first-order valence-corrected chi connectivity index (χ1v) is 21.7. The molecule has 7 rings (SSSR count). The van der Waals surface area contributed by atoms with Crippen molar-refractivity contribution in [2.24, 2.45) is 16.7 Å². The van der Waals surface area contributed by atoms with Gasteiger partial charge < -0.3 is 49.1 Å². The maximum Gasteiger partial charge on any atom is 0.338 e. The number of ketones is 1. The lowest BCUT2D eigenvalue weighted by Gasteiger charge is -2.68. The van der Waals surface area contributed by atoms with Crippen molar-refractivity contribution in [3.8, 4) is 0 Å². The van der Waals surface area contributed by atoms with Crippen LogP contribution < -0.4 is 5.32 Å². The Labute approximate surface area is 376 Å². The number of benzene rings is 2. The minimum absolute atomic E-state index is 0.0357. The van der Waals surface area contributed by atoms with Gasteiger partial charge in [0.15, 0.2) is 29.7 Å². The molecule has 4 N–H and O–H groups in total. The van der Waals surface area contributed by atoms with E-state index in [1.807, 2.05) is 0 Å². The summed E-state index contributed by atoms with van der Waals surface area (Å²) in [7, 11) is 0. The molecule has 2 aliphatic heterocycles. The number of allylic oxidation sites excluding steroid dienone is 2. The molecule has 2 saturated carbocycles. The molecule has 3 fully saturated rings. The number of ether oxygens (including phenoxy) is 6. The Morgan fingerprint density at radius 3 is 2.18 bits per heavy atom. The van der Waals surface area contributed by atoms with E-state index in [9.17, 15) is 39.3 Å². The summed E-state index contributed by atoms with van der Waals surface area (Å²) >= 11 is 0. The molecule has 2 aromatic rings. The van der Waals surface area contributed by atoms with E-state index >= 15 is 4.79 Å². The predicted octanol–water partition coefficient (Wildman–Crippen LogP) is 3.44. The Hall–Kier alpha value is -5.52. The van der Waals surface area contributed by atoms with E-state index in [2.05, 4.69) is 5.32 Å². The summed E-state index contributed by atoms with van der Waals surface area (Å²) in [5.41, 5.74) is -6.90. The maximum absolute atomic E-state index is 15.7. The van der Waals surface area contributed by atoms with E-state index in [4.69, 9.17) is 28.4 Å². The fourth-order valence-electron chi connectivity index (χ4n) is 10.9. The zero-order chi connectivity index (χ0) is 47.4. The summed E-state index contributed by atoms with van der Waals surface area (Å²) in [6.07, 6.45) is -7.27. The molecule has 2 aromatic carbocycles. The molecule has 0 aromatic heterocycles. The van der Waals surface area contributed by atoms with Crippen LogP contribution in [0.1, 0.15) is 88.1 Å². The number of hydrogen-bond donors (Lipinski definition) is 4. The Balaban J connectivity index is 1.53. The molecule has 2 bridgehead atoms. The highest BCUT2D eigenvalue weighted by Gasteiger charge is 2.80. The first-order chi connectivity index (χ1) is 30.6. The molecule has 0 spiro atoms. The summed E-state index contributed by atoms with van der Waals surface area (Å²) in [6, 6.07) is 13.3. The zero-order valence-corrected chi connectivity index (χ0v) is 37.7. The van der Waals surface area contributed by atoms with E-state index in [-0.39, 0.29) is 48.3 Å². The van der Waals surface area contributed by atoms with Gasteiger partial charge in [-0.2, -0.15) is 0 Å². The van der Waals surface area contributed by atoms with Gasteiger partial charge in [-0.25, -0.2) is 9.59 Å². The van der Waals surface area contributed by atoms with E-state index in [0.29, 0.717) is 11.1 Å². The number of Topliss-reactive ketones (excluding diaryl/α,β-unsaturated/α-hetero) is 1. The lowest BCUT2D eigenvalue weighted by atomic mass is 9.44. The predicted molar refractivity (Wildman–Crippen MR) is 230 cm³/mol. The second kappa shape index (κ2) is 17.7. The first-order valence-electron chi connectivity index (χ1n) is 21.7. The lowest BCUT2D eigenvalue weighted by molar-refractivity contribution is -0.353. The Bertz CT molecular complexity index is 2350. The van der Waals surface area contributed by atoms with Crippen molar-refractivity contribution >= 4 is 35.6 Å². The third kappa shape index (κ3) is 7.92. The third-order valence-corrected chi connectivity index (χ3v) is 14.0. The van der Waals surface area contributed by atoms with Crippen LogP contribution in [0.25, 0.3) is 0 Å². The average Bonchev–Trinajstić information content (AvgIpc) is 3.24. The quantitative estimate of drug-likeness (QED) is 0.191. The highest BCUT2D eigenvalue weighted by molar-refractivity contribution is 5.97. The number of fused-ring (bicyclic) bond motifs is 8. The van der Waals surface area contributed by atoms with Crippen LogP contribution in [-0.2, 0) is 54.0 Å². The highest BCUT2D eigenvalue weighted by atomic mass is 16.6.